The van der Waals surface area contributed by atoms with Crippen molar-refractivity contribution in [2.45, 2.75) is 0 Å². The standard InChI is InChI=1S/C11H7ClN2O/c12-11-9(7-15)1-2-10(14-11)8-3-5-13-6-4-8/h1-7H. The lowest BCUT2D eigenvalue weighted by atomic mass is 10.1. The first-order valence-corrected chi connectivity index (χ1v) is 4.71. The summed E-state index contributed by atoms with van der Waals surface area (Å²) in [6.07, 6.45) is 4.04. The Morgan fingerprint density at radius 3 is 2.47 bits per heavy atom. The van der Waals surface area contributed by atoms with Crippen LogP contribution in [-0.2, 0) is 0 Å². The Hall–Kier alpha value is -1.74. The largest absolute Gasteiger partial charge is 0.298 e. The Bertz CT molecular complexity index is 485. The van der Waals surface area contributed by atoms with Crippen LogP contribution in [0, 0.1) is 0 Å². The van der Waals surface area contributed by atoms with E-state index in [9.17, 15) is 4.79 Å². The molecule has 0 aliphatic rings. The molecule has 4 heteroatoms. The number of aldehydes is 1. The molecule has 0 atom stereocenters. The molecule has 0 spiro atoms. The molecule has 0 aliphatic heterocycles. The zero-order chi connectivity index (χ0) is 10.7. The highest BCUT2D eigenvalue weighted by atomic mass is 35.5. The number of hydrogen-bond acceptors (Lipinski definition) is 3. The van der Waals surface area contributed by atoms with E-state index in [1.807, 2.05) is 12.1 Å². The number of carbonyl (C=O) groups is 1. The zero-order valence-corrected chi connectivity index (χ0v) is 8.48. The minimum atomic E-state index is 0.222. The van der Waals surface area contributed by atoms with Crippen molar-refractivity contribution in [3.05, 3.63) is 47.4 Å². The van der Waals surface area contributed by atoms with Gasteiger partial charge in [-0.1, -0.05) is 11.6 Å². The fourth-order valence-corrected chi connectivity index (χ4v) is 1.41. The maximum atomic E-state index is 10.5. The summed E-state index contributed by atoms with van der Waals surface area (Å²) in [5.74, 6) is 0. The average Bonchev–Trinajstić information content (AvgIpc) is 2.30. The maximum Gasteiger partial charge on any atom is 0.153 e. The maximum absolute atomic E-state index is 10.5. The minimum absolute atomic E-state index is 0.222. The van der Waals surface area contributed by atoms with Crippen molar-refractivity contribution in [3.63, 3.8) is 0 Å². The van der Waals surface area contributed by atoms with E-state index in [1.165, 1.54) is 0 Å². The van der Waals surface area contributed by atoms with Crippen LogP contribution < -0.4 is 0 Å². The molecule has 2 aromatic heterocycles. The fraction of sp³-hybridized carbons (Fsp3) is 0. The lowest BCUT2D eigenvalue weighted by Gasteiger charge is -2.01. The van der Waals surface area contributed by atoms with Crippen LogP contribution in [0.15, 0.2) is 36.7 Å². The molecule has 74 valence electrons. The number of hydrogen-bond donors (Lipinski definition) is 0. The molecule has 0 amide bonds. The van der Waals surface area contributed by atoms with Crippen LogP contribution in [0.3, 0.4) is 0 Å². The Morgan fingerprint density at radius 1 is 1.13 bits per heavy atom. The average molecular weight is 219 g/mol. The van der Waals surface area contributed by atoms with Gasteiger partial charge in [0.05, 0.1) is 11.3 Å². The lowest BCUT2D eigenvalue weighted by Crippen LogP contribution is -1.89. The van der Waals surface area contributed by atoms with Crippen LogP contribution in [0.1, 0.15) is 10.4 Å². The van der Waals surface area contributed by atoms with Gasteiger partial charge in [0.15, 0.2) is 6.29 Å². The fourth-order valence-electron chi connectivity index (χ4n) is 1.22. The van der Waals surface area contributed by atoms with E-state index in [0.29, 0.717) is 11.8 Å². The molecule has 0 aromatic carbocycles. The summed E-state index contributed by atoms with van der Waals surface area (Å²) in [6, 6.07) is 7.07. The van der Waals surface area contributed by atoms with E-state index in [1.54, 1.807) is 24.5 Å². The van der Waals surface area contributed by atoms with Crippen molar-refractivity contribution >= 4 is 17.9 Å². The summed E-state index contributed by atoms with van der Waals surface area (Å²) in [6.45, 7) is 0. The van der Waals surface area contributed by atoms with Gasteiger partial charge in [-0.3, -0.25) is 9.78 Å². The number of carbonyl (C=O) groups excluding carboxylic acids is 1. The monoisotopic (exact) mass is 218 g/mol. The molecule has 3 nitrogen and oxygen atoms in total. The normalized spacial score (nSPS) is 9.93. The molecule has 0 fully saturated rings. The van der Waals surface area contributed by atoms with E-state index in [2.05, 4.69) is 9.97 Å². The Balaban J connectivity index is 2.47. The van der Waals surface area contributed by atoms with Gasteiger partial charge in [0.2, 0.25) is 0 Å². The first-order chi connectivity index (χ1) is 7.31. The molecule has 2 aromatic rings. The first kappa shape index (κ1) is 9.80. The molecule has 2 heterocycles. The number of pyridine rings is 2. The van der Waals surface area contributed by atoms with Gasteiger partial charge in [0, 0.05) is 18.0 Å². The molecule has 0 radical (unpaired) electrons. The lowest BCUT2D eigenvalue weighted by molar-refractivity contribution is 0.112. The number of aromatic nitrogens is 2. The van der Waals surface area contributed by atoms with Crippen molar-refractivity contribution < 1.29 is 4.79 Å². The third-order valence-electron chi connectivity index (χ3n) is 1.98. The molecule has 0 unspecified atom stereocenters. The second-order valence-corrected chi connectivity index (χ2v) is 3.29. The van der Waals surface area contributed by atoms with Gasteiger partial charge in [-0.25, -0.2) is 4.98 Å². The van der Waals surface area contributed by atoms with Gasteiger partial charge in [0.1, 0.15) is 5.15 Å². The highest BCUT2D eigenvalue weighted by molar-refractivity contribution is 6.31. The zero-order valence-electron chi connectivity index (χ0n) is 7.72. The van der Waals surface area contributed by atoms with Crippen molar-refractivity contribution in [1.29, 1.82) is 0 Å². The molecule has 0 aliphatic carbocycles. The Kier molecular flexibility index (Phi) is 2.74. The predicted octanol–water partition coefficient (Wildman–Crippen LogP) is 2.61. The molecule has 0 N–H and O–H groups in total. The second kappa shape index (κ2) is 4.19. The molecule has 15 heavy (non-hydrogen) atoms. The van der Waals surface area contributed by atoms with Crippen molar-refractivity contribution in [1.82, 2.24) is 9.97 Å². The highest BCUT2D eigenvalue weighted by Crippen LogP contribution is 2.20. The number of rotatable bonds is 2. The summed E-state index contributed by atoms with van der Waals surface area (Å²) in [7, 11) is 0. The van der Waals surface area contributed by atoms with E-state index >= 15 is 0 Å². The van der Waals surface area contributed by atoms with E-state index in [4.69, 9.17) is 11.6 Å². The van der Waals surface area contributed by atoms with Gasteiger partial charge >= 0.3 is 0 Å². The second-order valence-electron chi connectivity index (χ2n) is 2.93. The van der Waals surface area contributed by atoms with E-state index in [0.717, 1.165) is 11.3 Å². The minimum Gasteiger partial charge on any atom is -0.298 e. The third kappa shape index (κ3) is 2.02. The molecule has 0 saturated heterocycles. The predicted molar refractivity (Wildman–Crippen MR) is 57.9 cm³/mol. The van der Waals surface area contributed by atoms with Gasteiger partial charge in [-0.15, -0.1) is 0 Å². The summed E-state index contributed by atoms with van der Waals surface area (Å²) >= 11 is 5.82. The van der Waals surface area contributed by atoms with Gasteiger partial charge in [0.25, 0.3) is 0 Å². The molecule has 0 saturated carbocycles. The van der Waals surface area contributed by atoms with Crippen LogP contribution in [0.25, 0.3) is 11.3 Å². The van der Waals surface area contributed by atoms with Crippen LogP contribution in [0.2, 0.25) is 5.15 Å². The molecule has 0 bridgehead atoms. The summed E-state index contributed by atoms with van der Waals surface area (Å²) in [5, 5.41) is 0.222. The van der Waals surface area contributed by atoms with Gasteiger partial charge in [-0.05, 0) is 24.3 Å². The molecular formula is C11H7ClN2O. The highest BCUT2D eigenvalue weighted by Gasteiger charge is 2.03. The van der Waals surface area contributed by atoms with Crippen molar-refractivity contribution in [3.8, 4) is 11.3 Å². The molecule has 2 rings (SSSR count). The van der Waals surface area contributed by atoms with E-state index < -0.39 is 0 Å². The van der Waals surface area contributed by atoms with Crippen LogP contribution in [0.5, 0.6) is 0 Å². The van der Waals surface area contributed by atoms with Crippen LogP contribution >= 0.6 is 11.6 Å². The van der Waals surface area contributed by atoms with Crippen molar-refractivity contribution in [2.75, 3.05) is 0 Å². The Morgan fingerprint density at radius 2 is 1.87 bits per heavy atom. The summed E-state index contributed by atoms with van der Waals surface area (Å²) < 4.78 is 0. The van der Waals surface area contributed by atoms with Crippen LogP contribution in [0.4, 0.5) is 0 Å². The first-order valence-electron chi connectivity index (χ1n) is 4.33. The topological polar surface area (TPSA) is 42.9 Å². The van der Waals surface area contributed by atoms with Crippen molar-refractivity contribution in [2.24, 2.45) is 0 Å². The van der Waals surface area contributed by atoms with E-state index in [-0.39, 0.29) is 5.15 Å². The van der Waals surface area contributed by atoms with Crippen LogP contribution in [-0.4, -0.2) is 16.3 Å². The molecular weight excluding hydrogens is 212 g/mol. The third-order valence-corrected chi connectivity index (χ3v) is 2.28. The van der Waals surface area contributed by atoms with Gasteiger partial charge in [-0.2, -0.15) is 0 Å². The van der Waals surface area contributed by atoms with Gasteiger partial charge < -0.3 is 0 Å². The quantitative estimate of drug-likeness (QED) is 0.575. The smallest absolute Gasteiger partial charge is 0.153 e. The SMILES string of the molecule is O=Cc1ccc(-c2ccncc2)nc1Cl. The summed E-state index contributed by atoms with van der Waals surface area (Å²) in [4.78, 5) is 18.6. The summed E-state index contributed by atoms with van der Waals surface area (Å²) in [5.41, 5.74) is 2.05. The number of halogens is 1. The number of nitrogens with zero attached hydrogens (tertiary/aromatic N) is 2. The Labute approximate surface area is 91.8 Å².